The smallest absolute Gasteiger partial charge is 0.433 e. The molecule has 1 aromatic carbocycles. The van der Waals surface area contributed by atoms with E-state index in [1.54, 1.807) is 30.5 Å². The molecule has 0 saturated carbocycles. The minimum atomic E-state index is -4.72. The molecule has 0 bridgehead atoms. The first-order valence-electron chi connectivity index (χ1n) is 12.8. The van der Waals surface area contributed by atoms with Gasteiger partial charge in [-0.25, -0.2) is 9.97 Å². The summed E-state index contributed by atoms with van der Waals surface area (Å²) in [7, 11) is 3.96. The SMILES string of the molecule is CN(C)CCCOc1cccc(-c2c[nH]c(-c3cnn(CCC(C)(C)O)c3C(F)(F)F)c2-c2ncccn2)c1Cl. The summed E-state index contributed by atoms with van der Waals surface area (Å²) in [5.74, 6) is 0.690. The van der Waals surface area contributed by atoms with Crippen LogP contribution in [0.3, 0.4) is 0 Å². The number of ether oxygens (including phenoxy) is 1. The molecule has 2 N–H and O–H groups in total. The monoisotopic (exact) mass is 576 g/mol. The van der Waals surface area contributed by atoms with Crippen molar-refractivity contribution in [1.29, 1.82) is 0 Å². The Bertz CT molecular complexity index is 1430. The van der Waals surface area contributed by atoms with Crippen molar-refractivity contribution in [3.63, 3.8) is 0 Å². The third-order valence-corrected chi connectivity index (χ3v) is 6.63. The van der Waals surface area contributed by atoms with E-state index in [9.17, 15) is 18.3 Å². The average Bonchev–Trinajstić information content (AvgIpc) is 3.50. The highest BCUT2D eigenvalue weighted by atomic mass is 35.5. The predicted octanol–water partition coefficient (Wildman–Crippen LogP) is 6.17. The zero-order chi connectivity index (χ0) is 29.1. The lowest BCUT2D eigenvalue weighted by molar-refractivity contribution is -0.144. The topological polar surface area (TPSA) is 92.1 Å². The van der Waals surface area contributed by atoms with Gasteiger partial charge in [0.25, 0.3) is 0 Å². The fourth-order valence-electron chi connectivity index (χ4n) is 4.32. The van der Waals surface area contributed by atoms with E-state index in [2.05, 4.69) is 25.0 Å². The normalized spacial score (nSPS) is 12.3. The molecule has 4 rings (SSSR count). The first-order valence-corrected chi connectivity index (χ1v) is 13.2. The number of nitrogens with one attached hydrogen (secondary N) is 1. The van der Waals surface area contributed by atoms with E-state index < -0.39 is 17.5 Å². The zero-order valence-corrected chi connectivity index (χ0v) is 23.5. The van der Waals surface area contributed by atoms with E-state index in [-0.39, 0.29) is 30.0 Å². The molecule has 12 heteroatoms. The Hall–Kier alpha value is -3.41. The van der Waals surface area contributed by atoms with Gasteiger partial charge in [-0.05, 0) is 52.9 Å². The Labute approximate surface area is 235 Å². The van der Waals surface area contributed by atoms with Crippen LogP contribution in [0.4, 0.5) is 13.2 Å². The van der Waals surface area contributed by atoms with Gasteiger partial charge in [-0.15, -0.1) is 0 Å². The summed E-state index contributed by atoms with van der Waals surface area (Å²) in [5.41, 5.74) is -0.692. The van der Waals surface area contributed by atoms with Crippen molar-refractivity contribution < 1.29 is 23.0 Å². The summed E-state index contributed by atoms with van der Waals surface area (Å²) in [6.45, 7) is 4.25. The molecule has 4 aromatic rings. The Morgan fingerprint density at radius 2 is 1.80 bits per heavy atom. The fourth-order valence-corrected chi connectivity index (χ4v) is 4.60. The number of hydrogen-bond acceptors (Lipinski definition) is 6. The van der Waals surface area contributed by atoms with Gasteiger partial charge in [-0.3, -0.25) is 4.68 Å². The first kappa shape index (κ1) is 29.6. The molecule has 0 aliphatic heterocycles. The molecule has 0 radical (unpaired) electrons. The van der Waals surface area contributed by atoms with Crippen LogP contribution in [-0.4, -0.2) is 67.6 Å². The molecule has 40 heavy (non-hydrogen) atoms. The van der Waals surface area contributed by atoms with E-state index in [1.807, 2.05) is 14.1 Å². The lowest BCUT2D eigenvalue weighted by atomic mass is 9.98. The van der Waals surface area contributed by atoms with Gasteiger partial charge in [0, 0.05) is 48.4 Å². The maximum Gasteiger partial charge on any atom is 0.433 e. The van der Waals surface area contributed by atoms with Crippen LogP contribution in [0.2, 0.25) is 5.02 Å². The van der Waals surface area contributed by atoms with Crippen molar-refractivity contribution in [3.8, 4) is 39.5 Å². The molecule has 0 aliphatic carbocycles. The predicted molar refractivity (Wildman–Crippen MR) is 148 cm³/mol. The lowest BCUT2D eigenvalue weighted by Gasteiger charge is -2.19. The highest BCUT2D eigenvalue weighted by molar-refractivity contribution is 6.35. The number of halogens is 4. The Kier molecular flexibility index (Phi) is 8.86. The molecular formula is C28H32ClF3N6O2. The molecule has 0 aliphatic rings. The second-order valence-corrected chi connectivity index (χ2v) is 10.7. The van der Waals surface area contributed by atoms with Crippen LogP contribution in [0.1, 0.15) is 32.4 Å². The Morgan fingerprint density at radius 3 is 2.45 bits per heavy atom. The minimum Gasteiger partial charge on any atom is -0.492 e. The maximum atomic E-state index is 14.4. The van der Waals surface area contributed by atoms with Crippen LogP contribution >= 0.6 is 11.6 Å². The summed E-state index contributed by atoms with van der Waals surface area (Å²) < 4.78 is 50.0. The van der Waals surface area contributed by atoms with E-state index in [4.69, 9.17) is 16.3 Å². The van der Waals surface area contributed by atoms with Crippen LogP contribution < -0.4 is 4.74 Å². The van der Waals surface area contributed by atoms with Gasteiger partial charge in [0.05, 0.1) is 34.7 Å². The number of aromatic nitrogens is 5. The van der Waals surface area contributed by atoms with E-state index >= 15 is 0 Å². The van der Waals surface area contributed by atoms with Crippen molar-refractivity contribution in [3.05, 3.63) is 59.8 Å². The van der Waals surface area contributed by atoms with Crippen LogP contribution in [0.25, 0.3) is 33.8 Å². The molecule has 0 atom stereocenters. The van der Waals surface area contributed by atoms with E-state index in [0.717, 1.165) is 17.6 Å². The van der Waals surface area contributed by atoms with Crippen LogP contribution in [-0.2, 0) is 12.7 Å². The number of aromatic amines is 1. The van der Waals surface area contributed by atoms with Gasteiger partial charge in [0.2, 0.25) is 0 Å². The van der Waals surface area contributed by atoms with Crippen molar-refractivity contribution in [2.75, 3.05) is 27.2 Å². The molecule has 0 spiro atoms. The molecule has 0 fully saturated rings. The second-order valence-electron chi connectivity index (χ2n) is 10.3. The van der Waals surface area contributed by atoms with Crippen LogP contribution in [0.15, 0.2) is 49.1 Å². The molecule has 3 heterocycles. The van der Waals surface area contributed by atoms with Crippen molar-refractivity contribution in [1.82, 2.24) is 29.6 Å². The molecular weight excluding hydrogens is 545 g/mol. The highest BCUT2D eigenvalue weighted by Crippen LogP contribution is 2.46. The van der Waals surface area contributed by atoms with Gasteiger partial charge in [0.1, 0.15) is 5.75 Å². The average molecular weight is 577 g/mol. The second kappa shape index (κ2) is 12.0. The first-order chi connectivity index (χ1) is 18.9. The van der Waals surface area contributed by atoms with E-state index in [1.165, 1.54) is 32.4 Å². The molecule has 214 valence electrons. The molecule has 3 aromatic heterocycles. The van der Waals surface area contributed by atoms with Crippen LogP contribution in [0, 0.1) is 0 Å². The number of hydrogen-bond donors (Lipinski definition) is 2. The molecule has 0 saturated heterocycles. The van der Waals surface area contributed by atoms with Crippen molar-refractivity contribution in [2.45, 2.75) is 45.0 Å². The van der Waals surface area contributed by atoms with Gasteiger partial charge >= 0.3 is 6.18 Å². The number of rotatable bonds is 11. The van der Waals surface area contributed by atoms with Gasteiger partial charge in [-0.2, -0.15) is 18.3 Å². The summed E-state index contributed by atoms with van der Waals surface area (Å²) in [4.78, 5) is 13.7. The largest absolute Gasteiger partial charge is 0.492 e. The molecule has 0 amide bonds. The minimum absolute atomic E-state index is 0.0821. The fraction of sp³-hybridized carbons (Fsp3) is 0.393. The third kappa shape index (κ3) is 6.83. The van der Waals surface area contributed by atoms with E-state index in [0.29, 0.717) is 34.1 Å². The number of nitrogens with zero attached hydrogens (tertiary/aromatic N) is 5. The zero-order valence-electron chi connectivity index (χ0n) is 22.8. The number of aryl methyl sites for hydroxylation is 1. The summed E-state index contributed by atoms with van der Waals surface area (Å²) >= 11 is 6.78. The van der Waals surface area contributed by atoms with Crippen LogP contribution in [0.5, 0.6) is 5.75 Å². The summed E-state index contributed by atoms with van der Waals surface area (Å²) in [5, 5.41) is 14.5. The quantitative estimate of drug-likeness (QED) is 0.208. The molecule has 8 nitrogen and oxygen atoms in total. The maximum absolute atomic E-state index is 14.4. The van der Waals surface area contributed by atoms with Gasteiger partial charge < -0.3 is 19.7 Å². The molecule has 0 unspecified atom stereocenters. The lowest BCUT2D eigenvalue weighted by Crippen LogP contribution is -2.24. The standard InChI is InChI=1S/C28H32ClF3N6O2/c1-27(2,39)10-14-38-25(28(30,31)32)20(17-36-38)24-22(26-33-11-6-12-34-26)19(16-35-24)18-8-5-9-21(23(18)29)40-15-7-13-37(3)4/h5-6,8-9,11-12,16-17,35,39H,7,10,13-15H2,1-4H3. The van der Waals surface area contributed by atoms with Crippen molar-refractivity contribution in [2.24, 2.45) is 0 Å². The highest BCUT2D eigenvalue weighted by Gasteiger charge is 2.40. The Balaban J connectivity index is 1.83. The number of aliphatic hydroxyl groups is 1. The van der Waals surface area contributed by atoms with Gasteiger partial charge in [-0.1, -0.05) is 23.7 Å². The van der Waals surface area contributed by atoms with Crippen molar-refractivity contribution >= 4 is 11.6 Å². The van der Waals surface area contributed by atoms with Gasteiger partial charge in [0.15, 0.2) is 11.5 Å². The summed E-state index contributed by atoms with van der Waals surface area (Å²) in [6.07, 6.45) is 1.96. The summed E-state index contributed by atoms with van der Waals surface area (Å²) in [6, 6.07) is 6.93. The number of benzene rings is 1. The number of H-pyrrole nitrogens is 1. The third-order valence-electron chi connectivity index (χ3n) is 6.24. The Morgan fingerprint density at radius 1 is 1.07 bits per heavy atom. The number of alkyl halides is 3.